The topological polar surface area (TPSA) is 51.0 Å². The number of ether oxygens (including phenoxy) is 2. The fraction of sp³-hybridized carbons (Fsp3) is 0.450. The number of halogens is 1. The van der Waals surface area contributed by atoms with Crippen LogP contribution in [0.25, 0.3) is 0 Å². The van der Waals surface area contributed by atoms with E-state index in [2.05, 4.69) is 15.2 Å². The highest BCUT2D eigenvalue weighted by Gasteiger charge is 2.09. The zero-order valence-electron chi connectivity index (χ0n) is 16.5. The highest BCUT2D eigenvalue weighted by molar-refractivity contribution is 6.30. The maximum atomic E-state index is 6.05. The molecule has 0 saturated heterocycles. The molecule has 1 N–H and O–H groups in total. The van der Waals surface area contributed by atoms with E-state index < -0.39 is 0 Å². The first-order valence-electron chi connectivity index (χ1n) is 8.96. The summed E-state index contributed by atoms with van der Waals surface area (Å²) in [6.45, 7) is 2.82. The third-order valence-corrected chi connectivity index (χ3v) is 4.43. The van der Waals surface area contributed by atoms with Crippen LogP contribution in [0.2, 0.25) is 5.02 Å². The Bertz CT molecular complexity index is 728. The van der Waals surface area contributed by atoms with E-state index in [0.29, 0.717) is 13.2 Å². The van der Waals surface area contributed by atoms with Gasteiger partial charge in [-0.1, -0.05) is 23.7 Å². The van der Waals surface area contributed by atoms with Crippen molar-refractivity contribution >= 4 is 17.6 Å². The number of nitrogens with one attached hydrogen (secondary N) is 1. The lowest BCUT2D eigenvalue weighted by molar-refractivity contribution is 0.119. The van der Waals surface area contributed by atoms with E-state index in [1.165, 1.54) is 0 Å². The second-order valence-electron chi connectivity index (χ2n) is 6.34. The molecule has 7 heteroatoms. The van der Waals surface area contributed by atoms with E-state index in [0.717, 1.165) is 47.5 Å². The van der Waals surface area contributed by atoms with Gasteiger partial charge < -0.3 is 24.3 Å². The Morgan fingerprint density at radius 2 is 2.04 bits per heavy atom. The number of nitrogens with zero attached hydrogens (tertiary/aromatic N) is 3. The van der Waals surface area contributed by atoms with Crippen LogP contribution in [0.4, 0.5) is 0 Å². The lowest BCUT2D eigenvalue weighted by Crippen LogP contribution is -2.39. The Hall–Kier alpha value is -2.18. The number of benzene rings is 1. The van der Waals surface area contributed by atoms with Crippen LogP contribution in [-0.2, 0) is 24.9 Å². The van der Waals surface area contributed by atoms with Crippen LogP contribution < -0.4 is 10.1 Å². The van der Waals surface area contributed by atoms with Crippen LogP contribution in [0.5, 0.6) is 5.75 Å². The summed E-state index contributed by atoms with van der Waals surface area (Å²) >= 11 is 6.05. The zero-order valence-corrected chi connectivity index (χ0v) is 17.3. The summed E-state index contributed by atoms with van der Waals surface area (Å²) in [5, 5.41) is 4.11. The summed E-state index contributed by atoms with van der Waals surface area (Å²) in [5.74, 6) is 1.71. The molecule has 148 valence electrons. The van der Waals surface area contributed by atoms with Crippen molar-refractivity contribution in [3.8, 4) is 5.75 Å². The van der Waals surface area contributed by atoms with Crippen molar-refractivity contribution in [1.82, 2.24) is 14.8 Å². The van der Waals surface area contributed by atoms with Crippen molar-refractivity contribution in [3.63, 3.8) is 0 Å². The van der Waals surface area contributed by atoms with Crippen LogP contribution in [0.15, 0.2) is 41.5 Å². The minimum atomic E-state index is 0.604. The predicted octanol–water partition coefficient (Wildman–Crippen LogP) is 3.30. The van der Waals surface area contributed by atoms with Gasteiger partial charge in [-0.25, -0.2) is 0 Å². The monoisotopic (exact) mass is 392 g/mol. The summed E-state index contributed by atoms with van der Waals surface area (Å²) in [5.41, 5.74) is 2.27. The number of aliphatic imine (C=N–C) groups is 1. The molecule has 0 saturated carbocycles. The van der Waals surface area contributed by atoms with Gasteiger partial charge in [-0.05, 0) is 30.2 Å². The standard InChI is InChI=1S/C20H29ClN4O2/c1-22-20(25(3)14-18-12-17(21)13-24(18)2)23-10-5-11-27-15-16-6-8-19(26-4)9-7-16/h6-9,12-13H,5,10-11,14-15H2,1-4H3,(H,22,23). The highest BCUT2D eigenvalue weighted by Crippen LogP contribution is 2.14. The Kier molecular flexibility index (Phi) is 8.48. The molecule has 1 aromatic heterocycles. The number of guanidine groups is 1. The smallest absolute Gasteiger partial charge is 0.193 e. The first kappa shape index (κ1) is 21.1. The van der Waals surface area contributed by atoms with Gasteiger partial charge in [-0.15, -0.1) is 0 Å². The molecule has 0 bridgehead atoms. The van der Waals surface area contributed by atoms with Crippen molar-refractivity contribution in [3.05, 3.63) is 52.8 Å². The van der Waals surface area contributed by atoms with E-state index in [1.54, 1.807) is 14.2 Å². The molecule has 1 heterocycles. The van der Waals surface area contributed by atoms with Gasteiger partial charge >= 0.3 is 0 Å². The third kappa shape index (κ3) is 6.81. The Labute approximate surface area is 166 Å². The second-order valence-corrected chi connectivity index (χ2v) is 6.78. The molecular formula is C20H29ClN4O2. The van der Waals surface area contributed by atoms with E-state index in [1.807, 2.05) is 55.2 Å². The van der Waals surface area contributed by atoms with Crippen LogP contribution in [0, 0.1) is 0 Å². The number of aromatic nitrogens is 1. The molecular weight excluding hydrogens is 364 g/mol. The lowest BCUT2D eigenvalue weighted by atomic mass is 10.2. The van der Waals surface area contributed by atoms with E-state index in [4.69, 9.17) is 21.1 Å². The first-order chi connectivity index (χ1) is 13.0. The molecule has 0 unspecified atom stereocenters. The molecule has 0 radical (unpaired) electrons. The van der Waals surface area contributed by atoms with E-state index in [-0.39, 0.29) is 0 Å². The number of rotatable bonds is 9. The molecule has 0 fully saturated rings. The minimum Gasteiger partial charge on any atom is -0.497 e. The average molecular weight is 393 g/mol. The first-order valence-corrected chi connectivity index (χ1v) is 9.34. The Morgan fingerprint density at radius 1 is 1.30 bits per heavy atom. The van der Waals surface area contributed by atoms with Crippen LogP contribution in [0.3, 0.4) is 0 Å². The molecule has 0 spiro atoms. The van der Waals surface area contributed by atoms with Crippen LogP contribution >= 0.6 is 11.6 Å². The van der Waals surface area contributed by atoms with Gasteiger partial charge in [0.2, 0.25) is 0 Å². The fourth-order valence-corrected chi connectivity index (χ4v) is 2.98. The summed E-state index contributed by atoms with van der Waals surface area (Å²) in [4.78, 5) is 6.41. The van der Waals surface area contributed by atoms with Gasteiger partial charge in [-0.3, -0.25) is 4.99 Å². The van der Waals surface area contributed by atoms with E-state index >= 15 is 0 Å². The molecule has 2 rings (SSSR count). The molecule has 2 aromatic rings. The van der Waals surface area contributed by atoms with Gasteiger partial charge in [0, 0.05) is 46.2 Å². The van der Waals surface area contributed by atoms with Crippen molar-refractivity contribution < 1.29 is 9.47 Å². The maximum absolute atomic E-state index is 6.05. The van der Waals surface area contributed by atoms with Gasteiger partial charge in [0.05, 0.1) is 25.3 Å². The average Bonchev–Trinajstić information content (AvgIpc) is 2.98. The van der Waals surface area contributed by atoms with Crippen LogP contribution in [0.1, 0.15) is 17.7 Å². The number of aryl methyl sites for hydroxylation is 1. The van der Waals surface area contributed by atoms with Gasteiger partial charge in [0.15, 0.2) is 5.96 Å². The molecule has 27 heavy (non-hydrogen) atoms. The van der Waals surface area contributed by atoms with Gasteiger partial charge in [0.1, 0.15) is 5.75 Å². The maximum Gasteiger partial charge on any atom is 0.193 e. The molecule has 0 amide bonds. The predicted molar refractivity (Wildman–Crippen MR) is 111 cm³/mol. The summed E-state index contributed by atoms with van der Waals surface area (Å²) in [6, 6.07) is 9.89. The molecule has 1 aromatic carbocycles. The van der Waals surface area contributed by atoms with Crippen LogP contribution in [-0.4, -0.2) is 49.8 Å². The zero-order chi connectivity index (χ0) is 19.6. The van der Waals surface area contributed by atoms with Crippen molar-refractivity contribution in [2.45, 2.75) is 19.6 Å². The van der Waals surface area contributed by atoms with Gasteiger partial charge in [0.25, 0.3) is 0 Å². The molecule has 0 aliphatic carbocycles. The third-order valence-electron chi connectivity index (χ3n) is 4.22. The molecule has 6 nitrogen and oxygen atoms in total. The number of hydrogen-bond donors (Lipinski definition) is 1. The van der Waals surface area contributed by atoms with Gasteiger partial charge in [-0.2, -0.15) is 0 Å². The summed E-state index contributed by atoms with van der Waals surface area (Å²) < 4.78 is 12.9. The SMILES string of the molecule is CN=C(NCCCOCc1ccc(OC)cc1)N(C)Cc1cc(Cl)cn1C. The lowest BCUT2D eigenvalue weighted by Gasteiger charge is -2.22. The second kappa shape index (κ2) is 10.8. The number of hydrogen-bond acceptors (Lipinski definition) is 3. The largest absolute Gasteiger partial charge is 0.497 e. The molecule has 0 aliphatic rings. The van der Waals surface area contributed by atoms with Crippen molar-refractivity contribution in [2.75, 3.05) is 34.4 Å². The fourth-order valence-electron chi connectivity index (χ4n) is 2.71. The van der Waals surface area contributed by atoms with Crippen molar-refractivity contribution in [1.29, 1.82) is 0 Å². The molecule has 0 aliphatic heterocycles. The minimum absolute atomic E-state index is 0.604. The highest BCUT2D eigenvalue weighted by atomic mass is 35.5. The molecule has 0 atom stereocenters. The van der Waals surface area contributed by atoms with E-state index in [9.17, 15) is 0 Å². The Morgan fingerprint density at radius 3 is 2.63 bits per heavy atom. The van der Waals surface area contributed by atoms with Crippen molar-refractivity contribution in [2.24, 2.45) is 12.0 Å². The normalized spacial score (nSPS) is 11.5. The number of methoxy groups -OCH3 is 1. The summed E-state index contributed by atoms with van der Waals surface area (Å²) in [6.07, 6.45) is 2.81. The summed E-state index contributed by atoms with van der Waals surface area (Å²) in [7, 11) is 7.46. The quantitative estimate of drug-likeness (QED) is 0.404. The Balaban J connectivity index is 1.66.